The van der Waals surface area contributed by atoms with Crippen molar-refractivity contribution in [1.82, 2.24) is 4.90 Å². The van der Waals surface area contributed by atoms with Gasteiger partial charge in [-0.05, 0) is 29.2 Å². The maximum absolute atomic E-state index is 14.0. The topological polar surface area (TPSA) is 62.6 Å². The lowest BCUT2D eigenvalue weighted by Gasteiger charge is -2.43. The van der Waals surface area contributed by atoms with E-state index in [-0.39, 0.29) is 24.3 Å². The zero-order valence-electron chi connectivity index (χ0n) is 15.2. The first kappa shape index (κ1) is 18.2. The largest absolute Gasteiger partial charge is 0.445 e. The van der Waals surface area contributed by atoms with Crippen LogP contribution in [0, 0.1) is 17.1 Å². The molecule has 0 N–H and O–H groups in total. The van der Waals surface area contributed by atoms with Crippen molar-refractivity contribution in [3.8, 4) is 6.07 Å². The fourth-order valence-electron chi connectivity index (χ4n) is 3.78. The van der Waals surface area contributed by atoms with Gasteiger partial charge in [0.15, 0.2) is 0 Å². The first-order valence-electron chi connectivity index (χ1n) is 9.14. The van der Waals surface area contributed by atoms with Crippen LogP contribution in [0.5, 0.6) is 0 Å². The van der Waals surface area contributed by atoms with Gasteiger partial charge in [0, 0.05) is 0 Å². The molecule has 2 aliphatic heterocycles. The summed E-state index contributed by atoms with van der Waals surface area (Å²) in [6, 6.07) is 15.6. The minimum absolute atomic E-state index is 0.0350. The minimum atomic E-state index is -0.535. The normalized spacial score (nSPS) is 20.9. The zero-order valence-corrected chi connectivity index (χ0v) is 15.2. The second kappa shape index (κ2) is 7.83. The standard InChI is InChI=1S/C22H19FN2O3/c23-21-8-4-7-19(20(21)11-24)16-9-17-13-27-14-18(10-16)25(17)22(26)28-12-15-5-2-1-3-6-15/h1-9,17-18H,10,12-14H2. The van der Waals surface area contributed by atoms with E-state index in [4.69, 9.17) is 9.47 Å². The Kier molecular flexibility index (Phi) is 5.09. The quantitative estimate of drug-likeness (QED) is 0.813. The molecule has 1 saturated heterocycles. The van der Waals surface area contributed by atoms with Gasteiger partial charge in [0.05, 0.1) is 30.9 Å². The summed E-state index contributed by atoms with van der Waals surface area (Å²) in [4.78, 5) is 14.4. The molecule has 0 saturated carbocycles. The van der Waals surface area contributed by atoms with E-state index in [1.165, 1.54) is 6.07 Å². The van der Waals surface area contributed by atoms with Gasteiger partial charge in [-0.1, -0.05) is 48.5 Å². The summed E-state index contributed by atoms with van der Waals surface area (Å²) in [7, 11) is 0. The van der Waals surface area contributed by atoms with Gasteiger partial charge < -0.3 is 9.47 Å². The highest BCUT2D eigenvalue weighted by molar-refractivity contribution is 5.76. The van der Waals surface area contributed by atoms with Gasteiger partial charge in [0.25, 0.3) is 0 Å². The third-order valence-electron chi connectivity index (χ3n) is 5.09. The average Bonchev–Trinajstić information content (AvgIpc) is 2.71. The van der Waals surface area contributed by atoms with E-state index in [1.807, 2.05) is 42.5 Å². The molecule has 2 atom stereocenters. The van der Waals surface area contributed by atoms with Crippen molar-refractivity contribution in [2.24, 2.45) is 0 Å². The number of nitriles is 1. The zero-order chi connectivity index (χ0) is 19.5. The molecule has 0 aliphatic carbocycles. The monoisotopic (exact) mass is 378 g/mol. The molecule has 0 aromatic heterocycles. The van der Waals surface area contributed by atoms with Crippen LogP contribution < -0.4 is 0 Å². The van der Waals surface area contributed by atoms with Crippen LogP contribution >= 0.6 is 0 Å². The summed E-state index contributed by atoms with van der Waals surface area (Å²) in [5, 5.41) is 9.32. The summed E-state index contributed by atoms with van der Waals surface area (Å²) in [6.45, 7) is 0.929. The molecule has 2 aromatic carbocycles. The van der Waals surface area contributed by atoms with Crippen LogP contribution in [0.4, 0.5) is 9.18 Å². The predicted molar refractivity (Wildman–Crippen MR) is 101 cm³/mol. The van der Waals surface area contributed by atoms with Crippen LogP contribution in [-0.2, 0) is 16.1 Å². The van der Waals surface area contributed by atoms with Crippen molar-refractivity contribution in [3.05, 3.63) is 77.1 Å². The van der Waals surface area contributed by atoms with Crippen LogP contribution in [0.15, 0.2) is 54.6 Å². The van der Waals surface area contributed by atoms with E-state index in [2.05, 4.69) is 0 Å². The van der Waals surface area contributed by atoms with E-state index in [0.717, 1.165) is 11.1 Å². The maximum Gasteiger partial charge on any atom is 0.411 e. The number of hydrogen-bond donors (Lipinski definition) is 0. The predicted octanol–water partition coefficient (Wildman–Crippen LogP) is 3.89. The number of hydrogen-bond acceptors (Lipinski definition) is 4. The molecule has 2 bridgehead atoms. The van der Waals surface area contributed by atoms with Crippen molar-refractivity contribution in [2.75, 3.05) is 13.2 Å². The molecule has 0 spiro atoms. The molecule has 28 heavy (non-hydrogen) atoms. The minimum Gasteiger partial charge on any atom is -0.445 e. The lowest BCUT2D eigenvalue weighted by Crippen LogP contribution is -2.56. The van der Waals surface area contributed by atoms with Crippen molar-refractivity contribution in [3.63, 3.8) is 0 Å². The molecule has 2 unspecified atom stereocenters. The van der Waals surface area contributed by atoms with Gasteiger partial charge in [-0.25, -0.2) is 9.18 Å². The number of morpholine rings is 1. The maximum atomic E-state index is 14.0. The third-order valence-corrected chi connectivity index (χ3v) is 5.09. The lowest BCUT2D eigenvalue weighted by molar-refractivity contribution is -0.0342. The number of benzene rings is 2. The Morgan fingerprint density at radius 2 is 2.04 bits per heavy atom. The Balaban J connectivity index is 1.56. The van der Waals surface area contributed by atoms with Gasteiger partial charge in [0.1, 0.15) is 18.5 Å². The second-order valence-electron chi connectivity index (χ2n) is 6.88. The Bertz CT molecular complexity index is 952. The van der Waals surface area contributed by atoms with Crippen molar-refractivity contribution < 1.29 is 18.7 Å². The molecule has 142 valence electrons. The van der Waals surface area contributed by atoms with Crippen LogP contribution in [0.25, 0.3) is 5.57 Å². The smallest absolute Gasteiger partial charge is 0.411 e. The summed E-state index contributed by atoms with van der Waals surface area (Å²) in [5.74, 6) is -0.535. The molecule has 2 aliphatic rings. The van der Waals surface area contributed by atoms with Crippen LogP contribution in [0.1, 0.15) is 23.1 Å². The third kappa shape index (κ3) is 3.49. The highest BCUT2D eigenvalue weighted by Crippen LogP contribution is 2.34. The summed E-state index contributed by atoms with van der Waals surface area (Å²) in [6.07, 6.45) is 1.97. The van der Waals surface area contributed by atoms with Gasteiger partial charge in [-0.2, -0.15) is 5.26 Å². The van der Waals surface area contributed by atoms with Crippen molar-refractivity contribution in [1.29, 1.82) is 5.26 Å². The summed E-state index contributed by atoms with van der Waals surface area (Å²) >= 11 is 0. The van der Waals surface area contributed by atoms with Gasteiger partial charge in [0.2, 0.25) is 0 Å². The Labute approximate surface area is 162 Å². The first-order chi connectivity index (χ1) is 13.7. The fraction of sp³-hybridized carbons (Fsp3) is 0.273. The first-order valence-corrected chi connectivity index (χ1v) is 9.14. The van der Waals surface area contributed by atoms with E-state index in [1.54, 1.807) is 17.0 Å². The van der Waals surface area contributed by atoms with E-state index >= 15 is 0 Å². The Hall–Kier alpha value is -3.17. The molecule has 1 amide bonds. The number of rotatable bonds is 3. The average molecular weight is 378 g/mol. The molecule has 1 fully saturated rings. The van der Waals surface area contributed by atoms with Crippen molar-refractivity contribution >= 4 is 11.7 Å². The number of nitrogens with zero attached hydrogens (tertiary/aromatic N) is 2. The molecular weight excluding hydrogens is 359 g/mol. The van der Waals surface area contributed by atoms with E-state index in [0.29, 0.717) is 25.2 Å². The van der Waals surface area contributed by atoms with Crippen LogP contribution in [-0.4, -0.2) is 36.3 Å². The SMILES string of the molecule is N#Cc1c(F)cccc1C1=CC2COCC(C1)N2C(=O)OCc1ccccc1. The number of carbonyl (C=O) groups excluding carboxylic acids is 1. The fourth-order valence-corrected chi connectivity index (χ4v) is 3.78. The molecule has 2 aromatic rings. The Morgan fingerprint density at radius 1 is 1.21 bits per heavy atom. The molecule has 4 rings (SSSR count). The highest BCUT2D eigenvalue weighted by atomic mass is 19.1. The molecular formula is C22H19FN2O3. The van der Waals surface area contributed by atoms with Crippen LogP contribution in [0.3, 0.4) is 0 Å². The van der Waals surface area contributed by atoms with Crippen molar-refractivity contribution in [2.45, 2.75) is 25.1 Å². The van der Waals surface area contributed by atoms with E-state index in [9.17, 15) is 14.4 Å². The highest BCUT2D eigenvalue weighted by Gasteiger charge is 2.39. The molecule has 0 radical (unpaired) electrons. The summed E-state index contributed by atoms with van der Waals surface area (Å²) < 4.78 is 25.1. The van der Waals surface area contributed by atoms with Gasteiger partial charge in [-0.15, -0.1) is 0 Å². The van der Waals surface area contributed by atoms with Crippen LogP contribution in [0.2, 0.25) is 0 Å². The number of carbonyl (C=O) groups is 1. The number of ether oxygens (including phenoxy) is 2. The van der Waals surface area contributed by atoms with Gasteiger partial charge in [-0.3, -0.25) is 4.90 Å². The van der Waals surface area contributed by atoms with Gasteiger partial charge >= 0.3 is 6.09 Å². The number of amides is 1. The molecule has 6 heteroatoms. The summed E-state index contributed by atoms with van der Waals surface area (Å²) in [5.41, 5.74) is 2.40. The molecule has 2 heterocycles. The Morgan fingerprint density at radius 3 is 2.79 bits per heavy atom. The second-order valence-corrected chi connectivity index (χ2v) is 6.88. The number of fused-ring (bicyclic) bond motifs is 2. The lowest BCUT2D eigenvalue weighted by atomic mass is 9.88. The molecule has 5 nitrogen and oxygen atoms in total. The number of halogens is 1. The van der Waals surface area contributed by atoms with E-state index < -0.39 is 11.9 Å².